The van der Waals surface area contributed by atoms with Crippen molar-refractivity contribution in [3.05, 3.63) is 55.0 Å². The van der Waals surface area contributed by atoms with Crippen molar-refractivity contribution in [3.63, 3.8) is 0 Å². The fourth-order valence-corrected chi connectivity index (χ4v) is 4.65. The van der Waals surface area contributed by atoms with Crippen molar-refractivity contribution in [1.29, 1.82) is 0 Å². The zero-order valence-electron chi connectivity index (χ0n) is 15.4. The Kier molecular flexibility index (Phi) is 4.86. The molecule has 1 aromatic carbocycles. The van der Waals surface area contributed by atoms with Gasteiger partial charge in [0.1, 0.15) is 6.33 Å². The van der Waals surface area contributed by atoms with Crippen LogP contribution in [0.25, 0.3) is 22.2 Å². The van der Waals surface area contributed by atoms with Gasteiger partial charge in [-0.25, -0.2) is 9.97 Å². The molecule has 3 heterocycles. The number of nitrogens with one attached hydrogen (secondary N) is 1. The van der Waals surface area contributed by atoms with Crippen LogP contribution in [-0.4, -0.2) is 27.3 Å². The van der Waals surface area contributed by atoms with Crippen LogP contribution in [0.3, 0.4) is 0 Å². The Balaban J connectivity index is 1.67. The summed E-state index contributed by atoms with van der Waals surface area (Å²) in [5, 5.41) is 1.25. The molecule has 3 aromatic heterocycles. The monoisotopic (exact) mass is 413 g/mol. The lowest BCUT2D eigenvalue weighted by atomic mass is 10.1. The largest absolute Gasteiger partial charge is 0.347 e. The molecule has 0 saturated carbocycles. The van der Waals surface area contributed by atoms with Gasteiger partial charge in [0.05, 0.1) is 5.69 Å². The lowest BCUT2D eigenvalue weighted by Crippen LogP contribution is -2.14. The van der Waals surface area contributed by atoms with Crippen LogP contribution in [0.15, 0.2) is 60.0 Å². The molecular weight excluding hydrogens is 394 g/mol. The van der Waals surface area contributed by atoms with E-state index >= 15 is 0 Å². The third-order valence-corrected chi connectivity index (χ3v) is 6.16. The van der Waals surface area contributed by atoms with Gasteiger partial charge in [-0.2, -0.15) is 12.8 Å². The average Bonchev–Trinajstić information content (AvgIpc) is 3.31. The van der Waals surface area contributed by atoms with Gasteiger partial charge in [0, 0.05) is 40.7 Å². The quantitative estimate of drug-likeness (QED) is 0.516. The second-order valence-electron chi connectivity index (χ2n) is 6.85. The standard InChI is InChI=1S/C19H19N5O2S2/c1-13(2)11-24-9-8-15-10-14(6-7-17(15)24)16-4-3-5-18(22-16)28(25,26)23-19-20-12-21-27-19/h3-10,12-13H,11H2,1-2H3,(H,20,21,23). The van der Waals surface area contributed by atoms with E-state index in [1.165, 1.54) is 12.4 Å². The molecule has 144 valence electrons. The van der Waals surface area contributed by atoms with Crippen LogP contribution in [0.4, 0.5) is 5.13 Å². The van der Waals surface area contributed by atoms with Crippen LogP contribution < -0.4 is 4.72 Å². The molecule has 0 amide bonds. The predicted octanol–water partition coefficient (Wildman–Crippen LogP) is 4.01. The third kappa shape index (κ3) is 3.76. The Morgan fingerprint density at radius 3 is 2.79 bits per heavy atom. The molecule has 0 spiro atoms. The molecule has 0 aliphatic heterocycles. The first kappa shape index (κ1) is 18.6. The molecule has 7 nitrogen and oxygen atoms in total. The summed E-state index contributed by atoms with van der Waals surface area (Å²) in [6.07, 6.45) is 3.38. The molecule has 0 radical (unpaired) electrons. The number of fused-ring (bicyclic) bond motifs is 1. The van der Waals surface area contributed by atoms with Crippen LogP contribution >= 0.6 is 11.5 Å². The van der Waals surface area contributed by atoms with E-state index in [9.17, 15) is 8.42 Å². The number of nitrogens with zero attached hydrogens (tertiary/aromatic N) is 4. The number of rotatable bonds is 6. The summed E-state index contributed by atoms with van der Waals surface area (Å²) in [6, 6.07) is 13.1. The Labute approximate surface area is 167 Å². The number of hydrogen-bond acceptors (Lipinski definition) is 6. The van der Waals surface area contributed by atoms with Crippen molar-refractivity contribution < 1.29 is 8.42 Å². The van der Waals surface area contributed by atoms with Crippen molar-refractivity contribution in [3.8, 4) is 11.3 Å². The zero-order valence-corrected chi connectivity index (χ0v) is 17.0. The Bertz CT molecular complexity index is 1210. The van der Waals surface area contributed by atoms with Gasteiger partial charge in [-0.1, -0.05) is 26.0 Å². The maximum atomic E-state index is 12.6. The highest BCUT2D eigenvalue weighted by molar-refractivity contribution is 7.92. The van der Waals surface area contributed by atoms with E-state index in [-0.39, 0.29) is 10.2 Å². The zero-order chi connectivity index (χ0) is 19.7. The fraction of sp³-hybridized carbons (Fsp3) is 0.211. The maximum Gasteiger partial charge on any atom is 0.281 e. The minimum atomic E-state index is -3.82. The van der Waals surface area contributed by atoms with E-state index in [0.717, 1.165) is 34.5 Å². The van der Waals surface area contributed by atoms with E-state index in [4.69, 9.17) is 0 Å². The highest BCUT2D eigenvalue weighted by Gasteiger charge is 2.18. The molecule has 0 bridgehead atoms. The molecule has 0 aliphatic carbocycles. The van der Waals surface area contributed by atoms with E-state index < -0.39 is 10.0 Å². The van der Waals surface area contributed by atoms with Gasteiger partial charge in [0.2, 0.25) is 5.13 Å². The maximum absolute atomic E-state index is 12.6. The second kappa shape index (κ2) is 7.33. The minimum absolute atomic E-state index is 0.0577. The molecule has 0 fully saturated rings. The summed E-state index contributed by atoms with van der Waals surface area (Å²) in [4.78, 5) is 8.21. The number of anilines is 1. The van der Waals surface area contributed by atoms with Crippen molar-refractivity contribution in [2.45, 2.75) is 25.4 Å². The Morgan fingerprint density at radius 2 is 2.04 bits per heavy atom. The molecule has 4 rings (SSSR count). The van der Waals surface area contributed by atoms with Gasteiger partial charge in [0.25, 0.3) is 10.0 Å². The van der Waals surface area contributed by atoms with Gasteiger partial charge in [-0.3, -0.25) is 4.72 Å². The normalized spacial score (nSPS) is 12.0. The highest BCUT2D eigenvalue weighted by Crippen LogP contribution is 2.26. The molecule has 1 N–H and O–H groups in total. The Morgan fingerprint density at radius 1 is 1.18 bits per heavy atom. The number of sulfonamides is 1. The number of pyridine rings is 1. The highest BCUT2D eigenvalue weighted by atomic mass is 32.2. The number of benzene rings is 1. The van der Waals surface area contributed by atoms with E-state index in [2.05, 4.69) is 55.8 Å². The van der Waals surface area contributed by atoms with Crippen LogP contribution in [-0.2, 0) is 16.6 Å². The molecule has 0 aliphatic rings. The smallest absolute Gasteiger partial charge is 0.281 e. The van der Waals surface area contributed by atoms with Gasteiger partial charge < -0.3 is 4.57 Å². The fourth-order valence-electron chi connectivity index (χ4n) is 3.02. The van der Waals surface area contributed by atoms with Gasteiger partial charge >= 0.3 is 0 Å². The lowest BCUT2D eigenvalue weighted by Gasteiger charge is -2.09. The van der Waals surface area contributed by atoms with Gasteiger partial charge in [-0.15, -0.1) is 0 Å². The summed E-state index contributed by atoms with van der Waals surface area (Å²) >= 11 is 0.971. The number of aromatic nitrogens is 4. The molecule has 0 saturated heterocycles. The minimum Gasteiger partial charge on any atom is -0.347 e. The third-order valence-electron chi connectivity index (χ3n) is 4.21. The second-order valence-corrected chi connectivity index (χ2v) is 9.26. The molecule has 0 atom stereocenters. The molecule has 9 heteroatoms. The summed E-state index contributed by atoms with van der Waals surface area (Å²) in [6.45, 7) is 5.32. The van der Waals surface area contributed by atoms with Crippen molar-refractivity contribution >= 4 is 37.6 Å². The van der Waals surface area contributed by atoms with Crippen molar-refractivity contribution in [2.24, 2.45) is 5.92 Å². The summed E-state index contributed by atoms with van der Waals surface area (Å²) in [7, 11) is -3.82. The van der Waals surface area contributed by atoms with Crippen LogP contribution in [0, 0.1) is 5.92 Å². The van der Waals surface area contributed by atoms with Crippen molar-refractivity contribution in [1.82, 2.24) is 18.9 Å². The first-order valence-corrected chi connectivity index (χ1v) is 11.0. The first-order chi connectivity index (χ1) is 13.4. The van der Waals surface area contributed by atoms with E-state index in [1.807, 2.05) is 12.1 Å². The van der Waals surface area contributed by atoms with E-state index in [1.54, 1.807) is 12.1 Å². The van der Waals surface area contributed by atoms with Crippen LogP contribution in [0.1, 0.15) is 13.8 Å². The SMILES string of the molecule is CC(C)Cn1ccc2cc(-c3cccc(S(=O)(=O)Nc4ncns4)n3)ccc21. The van der Waals surface area contributed by atoms with Crippen molar-refractivity contribution in [2.75, 3.05) is 4.72 Å². The van der Waals surface area contributed by atoms with E-state index in [0.29, 0.717) is 11.6 Å². The van der Waals surface area contributed by atoms with Gasteiger partial charge in [0.15, 0.2) is 5.03 Å². The van der Waals surface area contributed by atoms with Crippen LogP contribution in [0.5, 0.6) is 0 Å². The first-order valence-electron chi connectivity index (χ1n) is 8.78. The summed E-state index contributed by atoms with van der Waals surface area (Å²) in [5.74, 6) is 0.555. The molecular formula is C19H19N5O2S2. The lowest BCUT2D eigenvalue weighted by molar-refractivity contribution is 0.535. The predicted molar refractivity (Wildman–Crippen MR) is 111 cm³/mol. The molecule has 4 aromatic rings. The van der Waals surface area contributed by atoms with Crippen LogP contribution in [0.2, 0.25) is 0 Å². The summed E-state index contributed by atoms with van der Waals surface area (Å²) in [5.41, 5.74) is 2.61. The summed E-state index contributed by atoms with van der Waals surface area (Å²) < 4.78 is 33.5. The molecule has 28 heavy (non-hydrogen) atoms. The molecule has 0 unspecified atom stereocenters. The van der Waals surface area contributed by atoms with Gasteiger partial charge in [-0.05, 0) is 36.2 Å². The average molecular weight is 414 g/mol. The Hall–Kier alpha value is -2.78. The topological polar surface area (TPSA) is 89.8 Å². The number of hydrogen-bond donors (Lipinski definition) is 1.